The minimum Gasteiger partial charge on any atom is -0.497 e. The number of thiophene rings is 1. The van der Waals surface area contributed by atoms with E-state index in [4.69, 9.17) is 9.47 Å². The number of ketones is 1. The van der Waals surface area contributed by atoms with Crippen molar-refractivity contribution >= 4 is 33.0 Å². The van der Waals surface area contributed by atoms with Crippen molar-refractivity contribution in [3.05, 3.63) is 44.6 Å². The predicted molar refractivity (Wildman–Crippen MR) is 77.3 cm³/mol. The molecule has 0 bridgehead atoms. The number of methoxy groups -OCH3 is 1. The van der Waals surface area contributed by atoms with Crippen LogP contribution in [0.1, 0.15) is 27.8 Å². The molecule has 0 aliphatic carbocycles. The average Bonchev–Trinajstić information content (AvgIpc) is 2.84. The number of hydrogen-bond acceptors (Lipinski definition) is 4. The van der Waals surface area contributed by atoms with Crippen LogP contribution in [0.5, 0.6) is 11.5 Å². The molecule has 0 saturated heterocycles. The van der Waals surface area contributed by atoms with Crippen LogP contribution in [-0.2, 0) is 0 Å². The highest BCUT2D eigenvalue weighted by molar-refractivity contribution is 9.10. The van der Waals surface area contributed by atoms with Crippen molar-refractivity contribution < 1.29 is 14.3 Å². The second-order valence-electron chi connectivity index (χ2n) is 4.26. The zero-order valence-corrected chi connectivity index (χ0v) is 12.6. The van der Waals surface area contributed by atoms with E-state index in [1.54, 1.807) is 36.6 Å². The van der Waals surface area contributed by atoms with E-state index in [1.807, 2.05) is 11.4 Å². The lowest BCUT2D eigenvalue weighted by atomic mass is 10.00. The van der Waals surface area contributed by atoms with Crippen molar-refractivity contribution in [1.82, 2.24) is 0 Å². The molecule has 3 nitrogen and oxygen atoms in total. The molecule has 3 rings (SSSR count). The summed E-state index contributed by atoms with van der Waals surface area (Å²) in [6.45, 7) is 0. The van der Waals surface area contributed by atoms with Crippen molar-refractivity contribution in [2.45, 2.75) is 12.5 Å². The van der Waals surface area contributed by atoms with Gasteiger partial charge >= 0.3 is 0 Å². The number of halogens is 1. The Morgan fingerprint density at radius 3 is 2.95 bits per heavy atom. The van der Waals surface area contributed by atoms with Crippen LogP contribution in [0.3, 0.4) is 0 Å². The molecule has 5 heteroatoms. The summed E-state index contributed by atoms with van der Waals surface area (Å²) >= 11 is 5.01. The van der Waals surface area contributed by atoms with Gasteiger partial charge in [-0.25, -0.2) is 0 Å². The lowest BCUT2D eigenvalue weighted by molar-refractivity contribution is 0.0853. The van der Waals surface area contributed by atoms with E-state index in [0.717, 1.165) is 9.35 Å². The highest BCUT2D eigenvalue weighted by Crippen LogP contribution is 2.39. The van der Waals surface area contributed by atoms with E-state index in [1.165, 1.54) is 0 Å². The Balaban J connectivity index is 1.96. The minimum atomic E-state index is -0.205. The molecule has 0 saturated carbocycles. The third kappa shape index (κ3) is 2.40. The summed E-state index contributed by atoms with van der Waals surface area (Å²) in [6.07, 6.45) is 0.176. The van der Waals surface area contributed by atoms with Gasteiger partial charge in [0.05, 0.1) is 19.1 Å². The quantitative estimate of drug-likeness (QED) is 0.822. The van der Waals surface area contributed by atoms with E-state index in [0.29, 0.717) is 23.5 Å². The second kappa shape index (κ2) is 4.98. The van der Waals surface area contributed by atoms with Crippen LogP contribution in [0.2, 0.25) is 0 Å². The topological polar surface area (TPSA) is 35.5 Å². The molecule has 0 fully saturated rings. The first-order valence-corrected chi connectivity index (χ1v) is 7.46. The lowest BCUT2D eigenvalue weighted by Gasteiger charge is -2.24. The predicted octanol–water partition coefficient (Wildman–Crippen LogP) is 4.23. The molecule has 0 radical (unpaired) electrons. The summed E-state index contributed by atoms with van der Waals surface area (Å²) < 4.78 is 12.1. The first-order valence-electron chi connectivity index (χ1n) is 5.79. The van der Waals surface area contributed by atoms with E-state index in [9.17, 15) is 4.79 Å². The van der Waals surface area contributed by atoms with Crippen molar-refractivity contribution in [1.29, 1.82) is 0 Å². The van der Waals surface area contributed by atoms with Gasteiger partial charge in [0, 0.05) is 20.8 Å². The Bertz CT molecular complexity index is 635. The molecule has 1 aromatic heterocycles. The maximum atomic E-state index is 12.1. The van der Waals surface area contributed by atoms with Crippen molar-refractivity contribution in [3.63, 3.8) is 0 Å². The first-order chi connectivity index (χ1) is 9.17. The minimum absolute atomic E-state index is 0.110. The SMILES string of the molecule is COc1ccc2c(c1)OC(c1cc(Br)cs1)CC2=O. The van der Waals surface area contributed by atoms with Crippen LogP contribution in [-0.4, -0.2) is 12.9 Å². The van der Waals surface area contributed by atoms with Crippen LogP contribution in [0.15, 0.2) is 34.1 Å². The summed E-state index contributed by atoms with van der Waals surface area (Å²) in [7, 11) is 1.60. The number of Topliss-reactive ketones (excluding diaryl/α,β-unsaturated/α-hetero) is 1. The lowest BCUT2D eigenvalue weighted by Crippen LogP contribution is -2.19. The summed E-state index contributed by atoms with van der Waals surface area (Å²) in [5, 5.41) is 1.99. The van der Waals surface area contributed by atoms with Gasteiger partial charge in [-0.3, -0.25) is 4.79 Å². The highest BCUT2D eigenvalue weighted by atomic mass is 79.9. The van der Waals surface area contributed by atoms with E-state index in [-0.39, 0.29) is 11.9 Å². The first kappa shape index (κ1) is 12.7. The zero-order chi connectivity index (χ0) is 13.4. The summed E-state index contributed by atoms with van der Waals surface area (Å²) in [5.41, 5.74) is 0.632. The number of carbonyl (C=O) groups is 1. The average molecular weight is 339 g/mol. The molecule has 1 aliphatic heterocycles. The van der Waals surface area contributed by atoms with E-state index >= 15 is 0 Å². The van der Waals surface area contributed by atoms with Gasteiger partial charge in [0.15, 0.2) is 5.78 Å². The third-order valence-corrected chi connectivity index (χ3v) is 4.82. The van der Waals surface area contributed by atoms with Gasteiger partial charge < -0.3 is 9.47 Å². The van der Waals surface area contributed by atoms with Crippen molar-refractivity contribution in [3.8, 4) is 11.5 Å². The van der Waals surface area contributed by atoms with Gasteiger partial charge in [-0.15, -0.1) is 11.3 Å². The number of ether oxygens (including phenoxy) is 2. The number of fused-ring (bicyclic) bond motifs is 1. The van der Waals surface area contributed by atoms with Gasteiger partial charge in [0.2, 0.25) is 0 Å². The molecule has 0 spiro atoms. The van der Waals surface area contributed by atoms with Crippen LogP contribution in [0.4, 0.5) is 0 Å². The summed E-state index contributed by atoms with van der Waals surface area (Å²) in [4.78, 5) is 13.2. The Morgan fingerprint density at radius 1 is 1.42 bits per heavy atom. The number of benzene rings is 1. The maximum Gasteiger partial charge on any atom is 0.170 e. The van der Waals surface area contributed by atoms with E-state index < -0.39 is 0 Å². The molecule has 19 heavy (non-hydrogen) atoms. The molecule has 0 N–H and O–H groups in total. The molecule has 1 aromatic carbocycles. The third-order valence-electron chi connectivity index (χ3n) is 3.03. The molecule has 2 aromatic rings. The molecular formula is C14H11BrO3S. The molecular weight excluding hydrogens is 328 g/mol. The van der Waals surface area contributed by atoms with Crippen LogP contribution < -0.4 is 9.47 Å². The fraction of sp³-hybridized carbons (Fsp3) is 0.214. The number of hydrogen-bond donors (Lipinski definition) is 0. The Hall–Kier alpha value is -1.33. The van der Waals surface area contributed by atoms with Crippen molar-refractivity contribution in [2.75, 3.05) is 7.11 Å². The maximum absolute atomic E-state index is 12.1. The molecule has 0 amide bonds. The largest absolute Gasteiger partial charge is 0.497 e. The number of carbonyl (C=O) groups excluding carboxylic acids is 1. The Kier molecular flexibility index (Phi) is 3.33. The Morgan fingerprint density at radius 2 is 2.26 bits per heavy atom. The molecule has 1 aliphatic rings. The van der Waals surface area contributed by atoms with Crippen molar-refractivity contribution in [2.24, 2.45) is 0 Å². The highest BCUT2D eigenvalue weighted by Gasteiger charge is 2.28. The fourth-order valence-corrected chi connectivity index (χ4v) is 3.56. The van der Waals surface area contributed by atoms with E-state index in [2.05, 4.69) is 15.9 Å². The second-order valence-corrected chi connectivity index (χ2v) is 6.12. The normalized spacial score (nSPS) is 17.8. The number of rotatable bonds is 2. The standard InChI is InChI=1S/C14H11BrO3S/c1-17-9-2-3-10-11(16)6-13(18-12(10)5-9)14-4-8(15)7-19-14/h2-5,7,13H,6H2,1H3. The fourth-order valence-electron chi connectivity index (χ4n) is 2.09. The van der Waals surface area contributed by atoms with Crippen LogP contribution in [0, 0.1) is 0 Å². The molecule has 2 heterocycles. The molecule has 1 unspecified atom stereocenters. The van der Waals surface area contributed by atoms with Gasteiger partial charge in [0.25, 0.3) is 0 Å². The monoisotopic (exact) mass is 338 g/mol. The van der Waals surface area contributed by atoms with Gasteiger partial charge in [-0.1, -0.05) is 0 Å². The van der Waals surface area contributed by atoms with Crippen LogP contribution in [0.25, 0.3) is 0 Å². The molecule has 98 valence electrons. The summed E-state index contributed by atoms with van der Waals surface area (Å²) in [5.74, 6) is 1.41. The smallest absolute Gasteiger partial charge is 0.170 e. The Labute approximate surface area is 123 Å². The van der Waals surface area contributed by atoms with Gasteiger partial charge in [-0.05, 0) is 34.1 Å². The summed E-state index contributed by atoms with van der Waals surface area (Å²) in [6, 6.07) is 7.30. The molecule has 1 atom stereocenters. The zero-order valence-electron chi connectivity index (χ0n) is 10.2. The van der Waals surface area contributed by atoms with Gasteiger partial charge in [-0.2, -0.15) is 0 Å². The van der Waals surface area contributed by atoms with Gasteiger partial charge in [0.1, 0.15) is 17.6 Å². The van der Waals surface area contributed by atoms with Crippen LogP contribution >= 0.6 is 27.3 Å².